The van der Waals surface area contributed by atoms with E-state index in [-0.39, 0.29) is 17.3 Å². The summed E-state index contributed by atoms with van der Waals surface area (Å²) in [5, 5.41) is 0. The summed E-state index contributed by atoms with van der Waals surface area (Å²) < 4.78 is 14.0. The molecule has 2 aromatic rings. The quantitative estimate of drug-likeness (QED) is 0.817. The van der Waals surface area contributed by atoms with E-state index in [9.17, 15) is 4.39 Å². The van der Waals surface area contributed by atoms with Gasteiger partial charge in [0.2, 0.25) is 0 Å². The maximum atomic E-state index is 13.6. The van der Waals surface area contributed by atoms with Crippen molar-refractivity contribution in [2.75, 3.05) is 0 Å². The molecule has 1 unspecified atom stereocenters. The van der Waals surface area contributed by atoms with Crippen LogP contribution in [0, 0.1) is 5.82 Å². The number of rotatable bonds is 2. The van der Waals surface area contributed by atoms with E-state index >= 15 is 0 Å². The van der Waals surface area contributed by atoms with Crippen LogP contribution in [-0.2, 0) is 5.41 Å². The number of hydrogen-bond acceptors (Lipinski definition) is 2. The zero-order valence-corrected chi connectivity index (χ0v) is 13.6. The zero-order chi connectivity index (χ0) is 14.2. The maximum absolute atomic E-state index is 13.6. The van der Waals surface area contributed by atoms with Gasteiger partial charge in [0.1, 0.15) is 5.82 Å². The number of nitrogens with two attached hydrogens (primary N) is 1. The Kier molecular flexibility index (Phi) is 4.14. The van der Waals surface area contributed by atoms with Crippen molar-refractivity contribution in [3.05, 3.63) is 55.9 Å². The second kappa shape index (κ2) is 5.35. The molecule has 0 fully saturated rings. The molecule has 102 valence electrons. The van der Waals surface area contributed by atoms with E-state index in [1.165, 1.54) is 10.9 Å². The van der Waals surface area contributed by atoms with Gasteiger partial charge in [-0.3, -0.25) is 0 Å². The van der Waals surface area contributed by atoms with Gasteiger partial charge < -0.3 is 5.73 Å². The van der Waals surface area contributed by atoms with Crippen molar-refractivity contribution in [3.8, 4) is 0 Å². The van der Waals surface area contributed by atoms with Crippen molar-refractivity contribution in [2.45, 2.75) is 32.2 Å². The smallest absolute Gasteiger partial charge is 0.137 e. The Balaban J connectivity index is 2.31. The predicted octanol–water partition coefficient (Wildman–Crippen LogP) is 5.00. The van der Waals surface area contributed by atoms with Gasteiger partial charge in [0.05, 0.1) is 10.5 Å². The lowest BCUT2D eigenvalue weighted by atomic mass is 9.95. The highest BCUT2D eigenvalue weighted by Crippen LogP contribution is 2.34. The Morgan fingerprint density at radius 2 is 1.89 bits per heavy atom. The summed E-state index contributed by atoms with van der Waals surface area (Å²) in [5.41, 5.74) is 7.13. The van der Waals surface area contributed by atoms with Gasteiger partial charge in [-0.05, 0) is 51.2 Å². The highest BCUT2D eigenvalue weighted by atomic mass is 79.9. The maximum Gasteiger partial charge on any atom is 0.137 e. The standard InChI is InChI=1S/C15H17BrFNS/c1-15(2,3)13-7-6-12(19-13)14(18)9-4-5-10(16)11(17)8-9/h4-8,14H,18H2,1-3H3. The molecule has 4 heteroatoms. The average molecular weight is 342 g/mol. The Bertz CT molecular complexity index is 586. The molecule has 0 spiro atoms. The molecule has 0 radical (unpaired) electrons. The molecule has 0 aliphatic carbocycles. The summed E-state index contributed by atoms with van der Waals surface area (Å²) in [6.45, 7) is 6.52. The molecule has 1 atom stereocenters. The topological polar surface area (TPSA) is 26.0 Å². The van der Waals surface area contributed by atoms with E-state index in [0.717, 1.165) is 10.4 Å². The highest BCUT2D eigenvalue weighted by Gasteiger charge is 2.19. The Morgan fingerprint density at radius 3 is 2.42 bits per heavy atom. The molecule has 1 aromatic heterocycles. The second-order valence-corrected chi connectivity index (χ2v) is 7.57. The molecule has 0 amide bonds. The van der Waals surface area contributed by atoms with Crippen molar-refractivity contribution >= 4 is 27.3 Å². The SMILES string of the molecule is CC(C)(C)c1ccc(C(N)c2ccc(Br)c(F)c2)s1. The van der Waals surface area contributed by atoms with Crippen LogP contribution in [0.1, 0.15) is 42.1 Å². The van der Waals surface area contributed by atoms with Gasteiger partial charge in [-0.15, -0.1) is 11.3 Å². The molecule has 0 saturated carbocycles. The van der Waals surface area contributed by atoms with E-state index in [1.54, 1.807) is 17.4 Å². The van der Waals surface area contributed by atoms with E-state index in [0.29, 0.717) is 4.47 Å². The van der Waals surface area contributed by atoms with Crippen molar-refractivity contribution in [1.82, 2.24) is 0 Å². The minimum absolute atomic E-state index is 0.119. The molecule has 0 aliphatic rings. The third kappa shape index (κ3) is 3.25. The van der Waals surface area contributed by atoms with Crippen molar-refractivity contribution < 1.29 is 4.39 Å². The summed E-state index contributed by atoms with van der Waals surface area (Å²) in [6.07, 6.45) is 0. The van der Waals surface area contributed by atoms with Crippen molar-refractivity contribution in [3.63, 3.8) is 0 Å². The van der Waals surface area contributed by atoms with Gasteiger partial charge >= 0.3 is 0 Å². The summed E-state index contributed by atoms with van der Waals surface area (Å²) >= 11 is 4.85. The Hall–Kier alpha value is -0.710. The van der Waals surface area contributed by atoms with Crippen molar-refractivity contribution in [1.29, 1.82) is 0 Å². The first-order chi connectivity index (χ1) is 8.79. The molecule has 2 rings (SSSR count). The molecule has 0 aliphatic heterocycles. The second-order valence-electron chi connectivity index (χ2n) is 5.60. The molecule has 19 heavy (non-hydrogen) atoms. The molecule has 2 N–H and O–H groups in total. The van der Waals surface area contributed by atoms with Gasteiger partial charge in [-0.1, -0.05) is 26.8 Å². The third-order valence-electron chi connectivity index (χ3n) is 2.98. The van der Waals surface area contributed by atoms with E-state index in [1.807, 2.05) is 12.1 Å². The first-order valence-electron chi connectivity index (χ1n) is 6.10. The van der Waals surface area contributed by atoms with Gasteiger partial charge in [-0.2, -0.15) is 0 Å². The largest absolute Gasteiger partial charge is 0.320 e. The molecular weight excluding hydrogens is 325 g/mol. The molecule has 0 bridgehead atoms. The summed E-state index contributed by atoms with van der Waals surface area (Å²) in [5.74, 6) is -0.277. The zero-order valence-electron chi connectivity index (χ0n) is 11.2. The van der Waals surface area contributed by atoms with E-state index < -0.39 is 0 Å². The van der Waals surface area contributed by atoms with Gasteiger partial charge in [-0.25, -0.2) is 4.39 Å². The molecule has 0 saturated heterocycles. The predicted molar refractivity (Wildman–Crippen MR) is 83.1 cm³/mol. The summed E-state index contributed by atoms with van der Waals surface area (Å²) in [7, 11) is 0. The summed E-state index contributed by atoms with van der Waals surface area (Å²) in [4.78, 5) is 2.35. The lowest BCUT2D eigenvalue weighted by Gasteiger charge is -2.16. The summed E-state index contributed by atoms with van der Waals surface area (Å²) in [6, 6.07) is 8.91. The molecule has 1 nitrogen and oxygen atoms in total. The highest BCUT2D eigenvalue weighted by molar-refractivity contribution is 9.10. The third-order valence-corrected chi connectivity index (χ3v) is 5.21. The minimum atomic E-state index is -0.277. The molecule has 1 aromatic carbocycles. The van der Waals surface area contributed by atoms with Crippen molar-refractivity contribution in [2.24, 2.45) is 5.73 Å². The van der Waals surface area contributed by atoms with Crippen LogP contribution in [0.3, 0.4) is 0 Å². The lowest BCUT2D eigenvalue weighted by Crippen LogP contribution is -2.11. The van der Waals surface area contributed by atoms with Gasteiger partial charge in [0, 0.05) is 9.75 Å². The fourth-order valence-electron chi connectivity index (χ4n) is 1.79. The number of benzene rings is 1. The number of hydrogen-bond donors (Lipinski definition) is 1. The van der Waals surface area contributed by atoms with E-state index in [2.05, 4.69) is 42.8 Å². The van der Waals surface area contributed by atoms with Crippen LogP contribution in [0.4, 0.5) is 4.39 Å². The van der Waals surface area contributed by atoms with Crippen LogP contribution in [0.25, 0.3) is 0 Å². The van der Waals surface area contributed by atoms with Crippen LogP contribution in [-0.4, -0.2) is 0 Å². The molecular formula is C15H17BrFNS. The fourth-order valence-corrected chi connectivity index (χ4v) is 3.14. The first-order valence-corrected chi connectivity index (χ1v) is 7.71. The molecule has 1 heterocycles. The van der Waals surface area contributed by atoms with Gasteiger partial charge in [0.25, 0.3) is 0 Å². The first kappa shape index (κ1) is 14.7. The number of thiophene rings is 1. The average Bonchev–Trinajstić information content (AvgIpc) is 2.81. The minimum Gasteiger partial charge on any atom is -0.320 e. The monoisotopic (exact) mass is 341 g/mol. The fraction of sp³-hybridized carbons (Fsp3) is 0.333. The Labute approximate surface area is 125 Å². The normalized spacial score (nSPS) is 13.6. The van der Waals surface area contributed by atoms with Crippen LogP contribution in [0.5, 0.6) is 0 Å². The van der Waals surface area contributed by atoms with Crippen LogP contribution in [0.15, 0.2) is 34.8 Å². The number of halogens is 2. The Morgan fingerprint density at radius 1 is 1.21 bits per heavy atom. The van der Waals surface area contributed by atoms with Crippen LogP contribution < -0.4 is 5.73 Å². The van der Waals surface area contributed by atoms with Crippen LogP contribution >= 0.6 is 27.3 Å². The van der Waals surface area contributed by atoms with E-state index in [4.69, 9.17) is 5.73 Å². The lowest BCUT2D eigenvalue weighted by molar-refractivity contribution is 0.604. The van der Waals surface area contributed by atoms with Crippen LogP contribution in [0.2, 0.25) is 0 Å². The van der Waals surface area contributed by atoms with Gasteiger partial charge in [0.15, 0.2) is 0 Å².